The van der Waals surface area contributed by atoms with Crippen LogP contribution in [0.3, 0.4) is 0 Å². The van der Waals surface area contributed by atoms with Crippen molar-refractivity contribution in [3.05, 3.63) is 51.3 Å². The summed E-state index contributed by atoms with van der Waals surface area (Å²) in [5, 5.41) is 0. The van der Waals surface area contributed by atoms with Crippen LogP contribution in [0.5, 0.6) is 5.75 Å². The predicted octanol–water partition coefficient (Wildman–Crippen LogP) is 4.87. The number of ether oxygens (including phenoxy) is 2. The van der Waals surface area contributed by atoms with Gasteiger partial charge in [-0.25, -0.2) is 4.79 Å². The molecule has 5 nitrogen and oxygen atoms in total. The minimum absolute atomic E-state index is 0.0491. The lowest BCUT2D eigenvalue weighted by molar-refractivity contribution is 0.0521. The SMILES string of the molecule is CCCCCc1cc2c(cc1OC)-c1cc(=O)c(C(=O)OCC)cn1C1(CCC1)C2. The lowest BCUT2D eigenvalue weighted by Crippen LogP contribution is -2.46. The maximum absolute atomic E-state index is 12.8. The van der Waals surface area contributed by atoms with Crippen molar-refractivity contribution in [2.75, 3.05) is 13.7 Å². The zero-order valence-electron chi connectivity index (χ0n) is 18.3. The van der Waals surface area contributed by atoms with Crippen molar-refractivity contribution < 1.29 is 14.3 Å². The van der Waals surface area contributed by atoms with Crippen LogP contribution in [-0.4, -0.2) is 24.3 Å². The summed E-state index contributed by atoms with van der Waals surface area (Å²) in [4.78, 5) is 25.1. The number of carbonyl (C=O) groups is 1. The van der Waals surface area contributed by atoms with Gasteiger partial charge in [-0.05, 0) is 62.6 Å². The number of fused-ring (bicyclic) bond motifs is 4. The Morgan fingerprint density at radius 3 is 2.60 bits per heavy atom. The van der Waals surface area contributed by atoms with Crippen LogP contribution < -0.4 is 10.2 Å². The van der Waals surface area contributed by atoms with Gasteiger partial charge in [-0.15, -0.1) is 0 Å². The van der Waals surface area contributed by atoms with Crippen molar-refractivity contribution in [1.82, 2.24) is 4.57 Å². The van der Waals surface area contributed by atoms with Crippen LogP contribution >= 0.6 is 0 Å². The number of carbonyl (C=O) groups excluding carboxylic acids is 1. The first-order valence-electron chi connectivity index (χ1n) is 11.2. The highest BCUT2D eigenvalue weighted by atomic mass is 16.5. The first kappa shape index (κ1) is 20.7. The lowest BCUT2D eigenvalue weighted by Gasteiger charge is -2.49. The number of rotatable bonds is 7. The zero-order valence-corrected chi connectivity index (χ0v) is 18.3. The Kier molecular flexibility index (Phi) is 5.72. The summed E-state index contributed by atoms with van der Waals surface area (Å²) >= 11 is 0. The molecule has 4 rings (SSSR count). The number of unbranched alkanes of at least 4 members (excludes halogenated alkanes) is 2. The highest BCUT2D eigenvalue weighted by molar-refractivity contribution is 5.89. The number of esters is 1. The second kappa shape index (κ2) is 8.29. The number of hydrogen-bond donors (Lipinski definition) is 0. The molecule has 0 radical (unpaired) electrons. The van der Waals surface area contributed by atoms with Crippen molar-refractivity contribution in [3.63, 3.8) is 0 Å². The molecule has 0 unspecified atom stereocenters. The summed E-state index contributed by atoms with van der Waals surface area (Å²) < 4.78 is 13.0. The highest BCUT2D eigenvalue weighted by Crippen LogP contribution is 2.49. The van der Waals surface area contributed by atoms with Crippen LogP contribution in [0.4, 0.5) is 0 Å². The van der Waals surface area contributed by atoms with Gasteiger partial charge in [-0.2, -0.15) is 0 Å². The van der Waals surface area contributed by atoms with Crippen LogP contribution in [0.15, 0.2) is 29.2 Å². The number of methoxy groups -OCH3 is 1. The van der Waals surface area contributed by atoms with E-state index in [9.17, 15) is 9.59 Å². The topological polar surface area (TPSA) is 57.5 Å². The van der Waals surface area contributed by atoms with Crippen LogP contribution in [-0.2, 0) is 23.1 Å². The molecule has 1 fully saturated rings. The fourth-order valence-corrected chi connectivity index (χ4v) is 4.95. The first-order valence-corrected chi connectivity index (χ1v) is 11.2. The predicted molar refractivity (Wildman–Crippen MR) is 117 cm³/mol. The molecule has 2 aromatic rings. The number of aryl methyl sites for hydroxylation is 1. The van der Waals surface area contributed by atoms with Crippen LogP contribution in [0.2, 0.25) is 0 Å². The van der Waals surface area contributed by atoms with Gasteiger partial charge in [0.1, 0.15) is 11.3 Å². The Labute approximate surface area is 178 Å². The molecule has 0 saturated heterocycles. The maximum atomic E-state index is 12.8. The Bertz CT molecular complexity index is 1020. The van der Waals surface area contributed by atoms with E-state index >= 15 is 0 Å². The average molecular weight is 410 g/mol. The molecule has 160 valence electrons. The van der Waals surface area contributed by atoms with E-state index in [4.69, 9.17) is 9.47 Å². The minimum Gasteiger partial charge on any atom is -0.496 e. The van der Waals surface area contributed by atoms with Gasteiger partial charge in [0.25, 0.3) is 0 Å². The Hall–Kier alpha value is -2.56. The summed E-state index contributed by atoms with van der Waals surface area (Å²) in [6.45, 7) is 4.22. The van der Waals surface area contributed by atoms with Gasteiger partial charge in [-0.1, -0.05) is 25.8 Å². The van der Waals surface area contributed by atoms with E-state index in [0.29, 0.717) is 0 Å². The van der Waals surface area contributed by atoms with E-state index in [2.05, 4.69) is 23.6 Å². The van der Waals surface area contributed by atoms with Gasteiger partial charge in [-0.3, -0.25) is 4.79 Å². The number of pyridine rings is 1. The number of hydrogen-bond acceptors (Lipinski definition) is 4. The molecular weight excluding hydrogens is 378 g/mol. The van der Waals surface area contributed by atoms with E-state index in [-0.39, 0.29) is 23.1 Å². The minimum atomic E-state index is -0.540. The lowest BCUT2D eigenvalue weighted by atomic mass is 9.69. The maximum Gasteiger partial charge on any atom is 0.343 e. The molecule has 1 aliphatic carbocycles. The molecule has 0 bridgehead atoms. The number of aromatic nitrogens is 1. The van der Waals surface area contributed by atoms with Crippen molar-refractivity contribution in [3.8, 4) is 17.0 Å². The van der Waals surface area contributed by atoms with Crippen LogP contribution in [0.25, 0.3) is 11.3 Å². The number of benzene rings is 1. The largest absolute Gasteiger partial charge is 0.496 e. The summed E-state index contributed by atoms with van der Waals surface area (Å²) in [5.41, 5.74) is 4.24. The van der Waals surface area contributed by atoms with Gasteiger partial charge in [0, 0.05) is 23.4 Å². The number of nitrogens with zero attached hydrogens (tertiary/aromatic N) is 1. The summed E-state index contributed by atoms with van der Waals surface area (Å²) in [5.74, 6) is 0.338. The van der Waals surface area contributed by atoms with E-state index in [1.165, 1.54) is 24.0 Å². The molecule has 1 saturated carbocycles. The van der Waals surface area contributed by atoms with E-state index in [1.54, 1.807) is 26.3 Å². The molecule has 1 aliphatic heterocycles. The molecule has 30 heavy (non-hydrogen) atoms. The monoisotopic (exact) mass is 409 g/mol. The first-order chi connectivity index (χ1) is 14.5. The Morgan fingerprint density at radius 2 is 1.97 bits per heavy atom. The summed E-state index contributed by atoms with van der Waals surface area (Å²) in [6, 6.07) is 5.98. The normalized spacial score (nSPS) is 15.8. The molecule has 0 amide bonds. The Balaban J connectivity index is 1.84. The zero-order chi connectivity index (χ0) is 21.3. The molecule has 2 aliphatic rings. The molecule has 0 atom stereocenters. The van der Waals surface area contributed by atoms with Crippen LogP contribution in [0.1, 0.15) is 73.9 Å². The second-order valence-corrected chi connectivity index (χ2v) is 8.56. The third-order valence-corrected chi connectivity index (χ3v) is 6.69. The third kappa shape index (κ3) is 3.44. The van der Waals surface area contributed by atoms with E-state index in [0.717, 1.165) is 55.5 Å². The van der Waals surface area contributed by atoms with Gasteiger partial charge in [0.15, 0.2) is 5.43 Å². The fraction of sp³-hybridized carbons (Fsp3) is 0.520. The third-order valence-electron chi connectivity index (χ3n) is 6.69. The van der Waals surface area contributed by atoms with Crippen molar-refractivity contribution in [2.45, 2.75) is 70.8 Å². The molecule has 5 heteroatoms. The van der Waals surface area contributed by atoms with Crippen molar-refractivity contribution >= 4 is 5.97 Å². The Morgan fingerprint density at radius 1 is 1.17 bits per heavy atom. The molecular formula is C25H31NO4. The standard InChI is InChI=1S/C25H31NO4/c1-4-6-7-9-17-12-18-15-25(10-8-11-25)26-16-20(24(28)30-5-2)22(27)14-21(26)19(18)13-23(17)29-3/h12-14,16H,4-11,15H2,1-3H3. The summed E-state index contributed by atoms with van der Waals surface area (Å²) in [6.07, 6.45) is 10.5. The van der Waals surface area contributed by atoms with Gasteiger partial charge < -0.3 is 14.0 Å². The molecule has 1 aromatic heterocycles. The fourth-order valence-electron chi connectivity index (χ4n) is 4.95. The van der Waals surface area contributed by atoms with E-state index in [1.807, 2.05) is 0 Å². The molecule has 0 N–H and O–H groups in total. The van der Waals surface area contributed by atoms with Gasteiger partial charge >= 0.3 is 5.97 Å². The molecule has 1 spiro atoms. The second-order valence-electron chi connectivity index (χ2n) is 8.56. The van der Waals surface area contributed by atoms with Gasteiger partial charge in [0.05, 0.1) is 19.4 Å². The van der Waals surface area contributed by atoms with Crippen molar-refractivity contribution in [1.29, 1.82) is 0 Å². The highest BCUT2D eigenvalue weighted by Gasteiger charge is 2.43. The molecule has 1 aromatic carbocycles. The average Bonchev–Trinajstić information content (AvgIpc) is 2.71. The van der Waals surface area contributed by atoms with Crippen LogP contribution in [0, 0.1) is 0 Å². The molecule has 2 heterocycles. The van der Waals surface area contributed by atoms with E-state index < -0.39 is 5.97 Å². The van der Waals surface area contributed by atoms with Gasteiger partial charge in [0.2, 0.25) is 0 Å². The summed E-state index contributed by atoms with van der Waals surface area (Å²) in [7, 11) is 1.71. The van der Waals surface area contributed by atoms with Crippen molar-refractivity contribution in [2.24, 2.45) is 0 Å². The smallest absolute Gasteiger partial charge is 0.343 e. The quantitative estimate of drug-likeness (QED) is 0.484.